The van der Waals surface area contributed by atoms with Gasteiger partial charge in [0.15, 0.2) is 0 Å². The molecule has 1 aromatic carbocycles. The Bertz CT molecular complexity index is 752. The van der Waals surface area contributed by atoms with Gasteiger partial charge in [0.1, 0.15) is 22.2 Å². The molecule has 0 fully saturated rings. The van der Waals surface area contributed by atoms with Gasteiger partial charge in [0.2, 0.25) is 5.28 Å². The van der Waals surface area contributed by atoms with Crippen LogP contribution < -0.4 is 14.2 Å². The van der Waals surface area contributed by atoms with Crippen LogP contribution in [-0.4, -0.2) is 32.6 Å². The van der Waals surface area contributed by atoms with Gasteiger partial charge in [0, 0.05) is 12.3 Å². The van der Waals surface area contributed by atoms with E-state index < -0.39 is 10.0 Å². The molecule has 2 aromatic rings. The van der Waals surface area contributed by atoms with Gasteiger partial charge < -0.3 is 9.47 Å². The first-order valence-corrected chi connectivity index (χ1v) is 7.56. The van der Waals surface area contributed by atoms with Crippen molar-refractivity contribution in [2.45, 2.75) is 4.90 Å². The molecule has 0 amide bonds. The molecule has 1 heterocycles. The largest absolute Gasteiger partial charge is 0.497 e. The lowest BCUT2D eigenvalue weighted by Crippen LogP contribution is -2.15. The monoisotopic (exact) mass is 329 g/mol. The minimum absolute atomic E-state index is 0.0554. The minimum atomic E-state index is -3.91. The van der Waals surface area contributed by atoms with E-state index in [1.165, 1.54) is 38.6 Å². The summed E-state index contributed by atoms with van der Waals surface area (Å²) >= 11 is 5.62. The summed E-state index contributed by atoms with van der Waals surface area (Å²) in [5, 5.41) is -0.0622. The first-order chi connectivity index (χ1) is 9.96. The van der Waals surface area contributed by atoms with Crippen molar-refractivity contribution in [2.24, 2.45) is 0 Å². The zero-order valence-electron chi connectivity index (χ0n) is 11.2. The average Bonchev–Trinajstić information content (AvgIpc) is 2.46. The predicted molar refractivity (Wildman–Crippen MR) is 77.4 cm³/mol. The highest BCUT2D eigenvalue weighted by molar-refractivity contribution is 7.92. The van der Waals surface area contributed by atoms with Gasteiger partial charge >= 0.3 is 0 Å². The molecule has 0 aliphatic heterocycles. The van der Waals surface area contributed by atoms with Crippen molar-refractivity contribution < 1.29 is 17.9 Å². The number of aromatic nitrogens is 2. The Hall–Kier alpha value is -2.06. The van der Waals surface area contributed by atoms with Gasteiger partial charge in [-0.25, -0.2) is 13.4 Å². The summed E-state index contributed by atoms with van der Waals surface area (Å²) in [6.07, 6.45) is 1.34. The number of hydrogen-bond donors (Lipinski definition) is 1. The van der Waals surface area contributed by atoms with Gasteiger partial charge in [-0.2, -0.15) is 4.98 Å². The quantitative estimate of drug-likeness (QED) is 0.843. The van der Waals surface area contributed by atoms with Crippen LogP contribution in [0.25, 0.3) is 0 Å². The van der Waals surface area contributed by atoms with Crippen LogP contribution in [0.3, 0.4) is 0 Å². The molecule has 0 atom stereocenters. The molecule has 0 aliphatic carbocycles. The lowest BCUT2D eigenvalue weighted by molar-refractivity contribution is 0.392. The van der Waals surface area contributed by atoms with E-state index in [1.807, 2.05) is 0 Å². The van der Waals surface area contributed by atoms with E-state index >= 15 is 0 Å². The smallest absolute Gasteiger partial charge is 0.266 e. The Morgan fingerprint density at radius 1 is 1.19 bits per heavy atom. The number of nitrogens with zero attached hydrogens (tertiary/aromatic N) is 2. The molecular formula is C12H12ClN3O4S. The highest BCUT2D eigenvalue weighted by atomic mass is 35.5. The Balaban J connectivity index is 2.43. The van der Waals surface area contributed by atoms with Crippen LogP contribution in [0.5, 0.6) is 11.5 Å². The van der Waals surface area contributed by atoms with Gasteiger partial charge in [-0.1, -0.05) is 0 Å². The van der Waals surface area contributed by atoms with E-state index in [0.717, 1.165) is 0 Å². The maximum Gasteiger partial charge on any atom is 0.266 e. The predicted octanol–water partition coefficient (Wildman–Crippen LogP) is 1.95. The van der Waals surface area contributed by atoms with Crippen LogP contribution >= 0.6 is 11.6 Å². The van der Waals surface area contributed by atoms with E-state index in [2.05, 4.69) is 14.7 Å². The van der Waals surface area contributed by atoms with Crippen molar-refractivity contribution in [3.05, 3.63) is 35.7 Å². The minimum Gasteiger partial charge on any atom is -0.497 e. The fourth-order valence-electron chi connectivity index (χ4n) is 1.58. The van der Waals surface area contributed by atoms with Gasteiger partial charge in [-0.05, 0) is 29.8 Å². The summed E-state index contributed by atoms with van der Waals surface area (Å²) in [5.41, 5.74) is 0. The van der Waals surface area contributed by atoms with Gasteiger partial charge in [0.25, 0.3) is 10.0 Å². The number of hydrogen-bond acceptors (Lipinski definition) is 6. The fraction of sp³-hybridized carbons (Fsp3) is 0.167. The maximum atomic E-state index is 12.4. The van der Waals surface area contributed by atoms with Crippen LogP contribution in [0, 0.1) is 0 Å². The molecule has 0 unspecified atom stereocenters. The molecule has 0 aliphatic rings. The highest BCUT2D eigenvalue weighted by Gasteiger charge is 2.21. The van der Waals surface area contributed by atoms with E-state index in [0.29, 0.717) is 5.75 Å². The van der Waals surface area contributed by atoms with Crippen molar-refractivity contribution in [3.63, 3.8) is 0 Å². The molecule has 7 nitrogen and oxygen atoms in total. The number of halogens is 1. The summed E-state index contributed by atoms with van der Waals surface area (Å²) in [6, 6.07) is 5.83. The number of benzene rings is 1. The second-order valence-corrected chi connectivity index (χ2v) is 5.82. The second kappa shape index (κ2) is 6.15. The molecule has 0 radical (unpaired) electrons. The summed E-state index contributed by atoms with van der Waals surface area (Å²) in [6.45, 7) is 0. The molecular weight excluding hydrogens is 318 g/mol. The molecule has 21 heavy (non-hydrogen) atoms. The SMILES string of the molecule is COc1ccc(OC)c(S(=O)(=O)Nc2ccnc(Cl)n2)c1. The standard InChI is InChI=1S/C12H12ClN3O4S/c1-19-8-3-4-9(20-2)10(7-8)21(17,18)16-11-5-6-14-12(13)15-11/h3-7H,1-2H3,(H,14,15,16). The average molecular weight is 330 g/mol. The molecule has 1 aromatic heterocycles. The number of anilines is 1. The van der Waals surface area contributed by atoms with Crippen LogP contribution in [0.15, 0.2) is 35.4 Å². The molecule has 112 valence electrons. The molecule has 0 spiro atoms. The third-order valence-corrected chi connectivity index (χ3v) is 4.08. The highest BCUT2D eigenvalue weighted by Crippen LogP contribution is 2.29. The van der Waals surface area contributed by atoms with Crippen molar-refractivity contribution in [1.29, 1.82) is 0 Å². The zero-order valence-corrected chi connectivity index (χ0v) is 12.8. The zero-order chi connectivity index (χ0) is 15.5. The van der Waals surface area contributed by atoms with Crippen LogP contribution in [-0.2, 0) is 10.0 Å². The molecule has 9 heteroatoms. The summed E-state index contributed by atoms with van der Waals surface area (Å²) < 4.78 is 37.2. The third kappa shape index (κ3) is 3.53. The molecule has 2 rings (SSSR count). The summed E-state index contributed by atoms with van der Waals surface area (Å²) in [4.78, 5) is 7.38. The Kier molecular flexibility index (Phi) is 4.49. The van der Waals surface area contributed by atoms with Crippen molar-refractivity contribution in [3.8, 4) is 11.5 Å². The third-order valence-electron chi connectivity index (χ3n) is 2.53. The Morgan fingerprint density at radius 2 is 1.95 bits per heavy atom. The van der Waals surface area contributed by atoms with Crippen LogP contribution in [0.1, 0.15) is 0 Å². The van der Waals surface area contributed by atoms with Gasteiger partial charge in [0.05, 0.1) is 14.2 Å². The Labute approximate surface area is 126 Å². The molecule has 0 bridgehead atoms. The first kappa shape index (κ1) is 15.3. The van der Waals surface area contributed by atoms with Gasteiger partial charge in [-0.3, -0.25) is 4.72 Å². The van der Waals surface area contributed by atoms with E-state index in [9.17, 15) is 8.42 Å². The number of rotatable bonds is 5. The lowest BCUT2D eigenvalue weighted by atomic mass is 10.3. The van der Waals surface area contributed by atoms with Crippen molar-refractivity contribution >= 4 is 27.4 Å². The number of ether oxygens (including phenoxy) is 2. The number of methoxy groups -OCH3 is 2. The maximum absolute atomic E-state index is 12.4. The summed E-state index contributed by atoms with van der Waals surface area (Å²) in [7, 11) is -1.09. The van der Waals surface area contributed by atoms with E-state index in [4.69, 9.17) is 21.1 Å². The summed E-state index contributed by atoms with van der Waals surface area (Å²) in [5.74, 6) is 0.625. The molecule has 1 N–H and O–H groups in total. The second-order valence-electron chi connectivity index (χ2n) is 3.83. The van der Waals surface area contributed by atoms with E-state index in [1.54, 1.807) is 6.07 Å². The number of nitrogens with one attached hydrogen (secondary N) is 1. The fourth-order valence-corrected chi connectivity index (χ4v) is 2.91. The van der Waals surface area contributed by atoms with Crippen LogP contribution in [0.4, 0.5) is 5.82 Å². The molecule has 0 saturated heterocycles. The Morgan fingerprint density at radius 3 is 2.57 bits per heavy atom. The topological polar surface area (TPSA) is 90.4 Å². The van der Waals surface area contributed by atoms with Crippen molar-refractivity contribution in [1.82, 2.24) is 9.97 Å². The van der Waals surface area contributed by atoms with Gasteiger partial charge in [-0.15, -0.1) is 0 Å². The normalized spacial score (nSPS) is 11.0. The lowest BCUT2D eigenvalue weighted by Gasteiger charge is -2.12. The molecule has 0 saturated carbocycles. The number of sulfonamides is 1. The first-order valence-electron chi connectivity index (χ1n) is 5.69. The van der Waals surface area contributed by atoms with Crippen LogP contribution in [0.2, 0.25) is 5.28 Å². The van der Waals surface area contributed by atoms with Crippen molar-refractivity contribution in [2.75, 3.05) is 18.9 Å². The van der Waals surface area contributed by atoms with E-state index in [-0.39, 0.29) is 21.7 Å².